The van der Waals surface area contributed by atoms with Gasteiger partial charge in [-0.15, -0.1) is 0 Å². The van der Waals surface area contributed by atoms with E-state index in [1.54, 1.807) is 0 Å². The lowest BCUT2D eigenvalue weighted by molar-refractivity contribution is -0.0320. The third kappa shape index (κ3) is 2.89. The maximum absolute atomic E-state index is 6.23. The van der Waals surface area contributed by atoms with Crippen LogP contribution in [-0.2, 0) is 0 Å². The van der Waals surface area contributed by atoms with Crippen molar-refractivity contribution in [3.63, 3.8) is 0 Å². The highest BCUT2D eigenvalue weighted by Gasteiger charge is 2.45. The zero-order valence-electron chi connectivity index (χ0n) is 12.7. The summed E-state index contributed by atoms with van der Waals surface area (Å²) in [6.45, 7) is 12.8. The topological polar surface area (TPSA) is 32.5 Å². The normalized spacial score (nSPS) is 38.8. The van der Waals surface area contributed by atoms with Gasteiger partial charge in [-0.2, -0.15) is 0 Å². The van der Waals surface area contributed by atoms with Gasteiger partial charge in [-0.05, 0) is 37.6 Å². The number of nitrogens with zero attached hydrogens (tertiary/aromatic N) is 2. The molecule has 0 aromatic carbocycles. The van der Waals surface area contributed by atoms with E-state index >= 15 is 0 Å². The van der Waals surface area contributed by atoms with Gasteiger partial charge in [0, 0.05) is 38.3 Å². The molecule has 0 radical (unpaired) electrons. The Labute approximate surface area is 113 Å². The molecule has 1 aliphatic carbocycles. The third-order valence-corrected chi connectivity index (χ3v) is 4.99. The standard InChI is InChI=1S/C15H31N3/c1-13-9-14(2,3)11-15(10-13,12-16)18-7-5-17(4)6-8-18/h13H,5-12,16H2,1-4H3. The lowest BCUT2D eigenvalue weighted by atomic mass is 9.63. The highest BCUT2D eigenvalue weighted by molar-refractivity contribution is 5.02. The van der Waals surface area contributed by atoms with Crippen molar-refractivity contribution in [3.8, 4) is 0 Å². The molecule has 2 fully saturated rings. The predicted molar refractivity (Wildman–Crippen MR) is 77.7 cm³/mol. The third-order valence-electron chi connectivity index (χ3n) is 4.99. The van der Waals surface area contributed by atoms with Crippen LogP contribution in [0.15, 0.2) is 0 Å². The van der Waals surface area contributed by atoms with Crippen LogP contribution in [0.3, 0.4) is 0 Å². The molecule has 18 heavy (non-hydrogen) atoms. The van der Waals surface area contributed by atoms with E-state index in [0.29, 0.717) is 5.41 Å². The van der Waals surface area contributed by atoms with Crippen molar-refractivity contribution in [1.82, 2.24) is 9.80 Å². The molecule has 1 saturated carbocycles. The van der Waals surface area contributed by atoms with Crippen LogP contribution in [-0.4, -0.2) is 55.1 Å². The summed E-state index contributed by atoms with van der Waals surface area (Å²) in [6.07, 6.45) is 3.91. The molecule has 2 N–H and O–H groups in total. The zero-order chi connectivity index (χ0) is 13.4. The second-order valence-electron chi connectivity index (χ2n) is 7.57. The summed E-state index contributed by atoms with van der Waals surface area (Å²) in [5, 5.41) is 0. The Balaban J connectivity index is 2.14. The molecule has 0 amide bonds. The maximum atomic E-state index is 6.23. The molecule has 2 atom stereocenters. The van der Waals surface area contributed by atoms with E-state index in [2.05, 4.69) is 37.6 Å². The Kier molecular flexibility index (Phi) is 4.05. The van der Waals surface area contributed by atoms with Crippen LogP contribution in [0.5, 0.6) is 0 Å². The summed E-state index contributed by atoms with van der Waals surface area (Å²) in [6, 6.07) is 0. The number of likely N-dealkylation sites (N-methyl/N-ethyl adjacent to an activating group) is 1. The highest BCUT2D eigenvalue weighted by Crippen LogP contribution is 2.46. The fourth-order valence-electron chi connectivity index (χ4n) is 4.51. The first kappa shape index (κ1) is 14.3. The van der Waals surface area contributed by atoms with Gasteiger partial charge in [0.15, 0.2) is 0 Å². The van der Waals surface area contributed by atoms with Crippen molar-refractivity contribution < 1.29 is 0 Å². The van der Waals surface area contributed by atoms with Crippen LogP contribution in [0, 0.1) is 11.3 Å². The number of piperazine rings is 1. The van der Waals surface area contributed by atoms with Gasteiger partial charge in [-0.1, -0.05) is 20.8 Å². The van der Waals surface area contributed by atoms with Crippen molar-refractivity contribution >= 4 is 0 Å². The largest absolute Gasteiger partial charge is 0.329 e. The molecule has 2 rings (SSSR count). The summed E-state index contributed by atoms with van der Waals surface area (Å²) in [7, 11) is 2.22. The quantitative estimate of drug-likeness (QED) is 0.814. The number of hydrogen-bond donors (Lipinski definition) is 1. The lowest BCUT2D eigenvalue weighted by Crippen LogP contribution is -2.63. The van der Waals surface area contributed by atoms with E-state index in [1.165, 1.54) is 45.4 Å². The molecule has 0 bridgehead atoms. The van der Waals surface area contributed by atoms with Crippen molar-refractivity contribution in [2.24, 2.45) is 17.1 Å². The molecule has 2 unspecified atom stereocenters. The Morgan fingerprint density at radius 2 is 1.72 bits per heavy atom. The fourth-order valence-corrected chi connectivity index (χ4v) is 4.51. The Hall–Kier alpha value is -0.120. The minimum Gasteiger partial charge on any atom is -0.329 e. The van der Waals surface area contributed by atoms with Crippen molar-refractivity contribution in [2.75, 3.05) is 39.8 Å². The fraction of sp³-hybridized carbons (Fsp3) is 1.00. The molecule has 2 aliphatic rings. The number of hydrogen-bond acceptors (Lipinski definition) is 3. The molecule has 3 nitrogen and oxygen atoms in total. The Morgan fingerprint density at radius 1 is 1.11 bits per heavy atom. The average molecular weight is 253 g/mol. The number of nitrogens with two attached hydrogens (primary N) is 1. The molecular weight excluding hydrogens is 222 g/mol. The molecule has 0 aromatic rings. The molecule has 1 heterocycles. The highest BCUT2D eigenvalue weighted by atomic mass is 15.3. The van der Waals surface area contributed by atoms with Gasteiger partial charge in [-0.25, -0.2) is 0 Å². The van der Waals surface area contributed by atoms with E-state index in [0.717, 1.165) is 12.5 Å². The van der Waals surface area contributed by atoms with Crippen LogP contribution in [0.4, 0.5) is 0 Å². The van der Waals surface area contributed by atoms with Crippen LogP contribution in [0.1, 0.15) is 40.0 Å². The predicted octanol–water partition coefficient (Wildman–Crippen LogP) is 1.78. The molecule has 0 spiro atoms. The first-order chi connectivity index (χ1) is 8.37. The molecule has 106 valence electrons. The first-order valence-electron chi connectivity index (χ1n) is 7.51. The van der Waals surface area contributed by atoms with Crippen LogP contribution in [0.25, 0.3) is 0 Å². The van der Waals surface area contributed by atoms with Gasteiger partial charge in [0.25, 0.3) is 0 Å². The molecule has 3 heteroatoms. The number of rotatable bonds is 2. The van der Waals surface area contributed by atoms with Gasteiger partial charge in [0.2, 0.25) is 0 Å². The first-order valence-corrected chi connectivity index (χ1v) is 7.51. The smallest absolute Gasteiger partial charge is 0.0340 e. The Morgan fingerprint density at radius 3 is 2.22 bits per heavy atom. The maximum Gasteiger partial charge on any atom is 0.0340 e. The van der Waals surface area contributed by atoms with Gasteiger partial charge < -0.3 is 10.6 Å². The van der Waals surface area contributed by atoms with E-state index in [9.17, 15) is 0 Å². The lowest BCUT2D eigenvalue weighted by Gasteiger charge is -2.54. The second-order valence-corrected chi connectivity index (χ2v) is 7.57. The van der Waals surface area contributed by atoms with Crippen LogP contribution in [0.2, 0.25) is 0 Å². The molecular formula is C15H31N3. The van der Waals surface area contributed by atoms with E-state index in [4.69, 9.17) is 5.73 Å². The molecule has 1 aliphatic heterocycles. The monoisotopic (exact) mass is 253 g/mol. The van der Waals surface area contributed by atoms with E-state index in [1.807, 2.05) is 0 Å². The second kappa shape index (κ2) is 5.10. The summed E-state index contributed by atoms with van der Waals surface area (Å²) in [5.74, 6) is 0.803. The minimum absolute atomic E-state index is 0.266. The van der Waals surface area contributed by atoms with Gasteiger partial charge in [0.05, 0.1) is 0 Å². The van der Waals surface area contributed by atoms with Gasteiger partial charge in [-0.3, -0.25) is 4.90 Å². The van der Waals surface area contributed by atoms with Crippen molar-refractivity contribution in [3.05, 3.63) is 0 Å². The van der Waals surface area contributed by atoms with Crippen LogP contribution < -0.4 is 5.73 Å². The SMILES string of the molecule is CC1CC(C)(C)CC(CN)(N2CCN(C)CC2)C1. The van der Waals surface area contributed by atoms with Gasteiger partial charge >= 0.3 is 0 Å². The summed E-state index contributed by atoms with van der Waals surface area (Å²) < 4.78 is 0. The molecule has 1 saturated heterocycles. The van der Waals surface area contributed by atoms with Gasteiger partial charge in [0.1, 0.15) is 0 Å². The van der Waals surface area contributed by atoms with Crippen LogP contribution >= 0.6 is 0 Å². The van der Waals surface area contributed by atoms with Crippen molar-refractivity contribution in [2.45, 2.75) is 45.6 Å². The van der Waals surface area contributed by atoms with Crippen molar-refractivity contribution in [1.29, 1.82) is 0 Å². The zero-order valence-corrected chi connectivity index (χ0v) is 12.7. The Bertz CT molecular complexity index is 281. The minimum atomic E-state index is 0.266. The van der Waals surface area contributed by atoms with E-state index < -0.39 is 0 Å². The van der Waals surface area contributed by atoms with E-state index in [-0.39, 0.29) is 5.54 Å². The average Bonchev–Trinajstić information content (AvgIpc) is 2.27. The summed E-state index contributed by atoms with van der Waals surface area (Å²) >= 11 is 0. The summed E-state index contributed by atoms with van der Waals surface area (Å²) in [5.41, 5.74) is 6.94. The summed E-state index contributed by atoms with van der Waals surface area (Å²) in [4.78, 5) is 5.13. The molecule has 0 aromatic heterocycles.